The molecule has 0 radical (unpaired) electrons. The lowest BCUT2D eigenvalue weighted by molar-refractivity contribution is 0.0960. The number of primary amides is 1. The number of methoxy groups -OCH3 is 1. The predicted molar refractivity (Wildman–Crippen MR) is 152 cm³/mol. The molecule has 0 spiro atoms. The Labute approximate surface area is 237 Å². The Kier molecular flexibility index (Phi) is 6.50. The SMILES string of the molecule is COc1cnc2c(-c3nc4c(C)cc5c(c4s3)OCC(CN(C(=O)O)c3cncc(C(N)=O)c3)O5)cc(C)cc2n1. The van der Waals surface area contributed by atoms with Gasteiger partial charge in [-0.3, -0.25) is 14.7 Å². The normalized spacial score (nSPS) is 14.3. The molecule has 3 N–H and O–H groups in total. The summed E-state index contributed by atoms with van der Waals surface area (Å²) in [5.74, 6) is 0.774. The van der Waals surface area contributed by atoms with Gasteiger partial charge in [0.05, 0.1) is 53.8 Å². The Hall–Kier alpha value is -5.04. The van der Waals surface area contributed by atoms with Crippen molar-refractivity contribution in [2.24, 2.45) is 5.73 Å². The summed E-state index contributed by atoms with van der Waals surface area (Å²) in [4.78, 5) is 42.7. The van der Waals surface area contributed by atoms with Crippen molar-refractivity contribution in [2.75, 3.05) is 25.2 Å². The number of thiazole rings is 1. The van der Waals surface area contributed by atoms with Crippen LogP contribution >= 0.6 is 11.3 Å². The Bertz CT molecular complexity index is 1860. The van der Waals surface area contributed by atoms with Crippen molar-refractivity contribution in [1.82, 2.24) is 19.9 Å². The van der Waals surface area contributed by atoms with Crippen LogP contribution in [0.1, 0.15) is 21.5 Å². The highest BCUT2D eigenvalue weighted by molar-refractivity contribution is 7.22. The average molecular weight is 573 g/mol. The molecule has 0 fully saturated rings. The molecule has 0 saturated carbocycles. The molecule has 5 aromatic rings. The number of benzene rings is 2. The van der Waals surface area contributed by atoms with Crippen LogP contribution in [0.15, 0.2) is 42.9 Å². The van der Waals surface area contributed by atoms with Crippen LogP contribution in [0.2, 0.25) is 0 Å². The summed E-state index contributed by atoms with van der Waals surface area (Å²) >= 11 is 1.46. The van der Waals surface area contributed by atoms with Gasteiger partial charge in [-0.1, -0.05) is 0 Å². The van der Waals surface area contributed by atoms with Crippen LogP contribution in [0, 0.1) is 13.8 Å². The third-order valence-electron chi connectivity index (χ3n) is 6.63. The van der Waals surface area contributed by atoms with Crippen LogP contribution in [0.3, 0.4) is 0 Å². The number of pyridine rings is 1. The van der Waals surface area contributed by atoms with Gasteiger partial charge >= 0.3 is 6.09 Å². The van der Waals surface area contributed by atoms with E-state index in [9.17, 15) is 14.7 Å². The van der Waals surface area contributed by atoms with Crippen molar-refractivity contribution >= 4 is 50.3 Å². The molecule has 3 aromatic heterocycles. The van der Waals surface area contributed by atoms with Gasteiger partial charge in [0, 0.05) is 11.8 Å². The smallest absolute Gasteiger partial charge is 0.411 e. The van der Waals surface area contributed by atoms with Crippen LogP contribution < -0.4 is 24.8 Å². The second kappa shape index (κ2) is 10.2. The average Bonchev–Trinajstić information content (AvgIpc) is 3.41. The lowest BCUT2D eigenvalue weighted by atomic mass is 10.1. The molecule has 0 saturated heterocycles. The molecule has 1 unspecified atom stereocenters. The quantitative estimate of drug-likeness (QED) is 0.299. The molecule has 41 heavy (non-hydrogen) atoms. The number of carbonyl (C=O) groups is 2. The molecule has 6 rings (SSSR count). The molecule has 208 valence electrons. The topological polar surface area (TPSA) is 163 Å². The highest BCUT2D eigenvalue weighted by Crippen LogP contribution is 2.46. The van der Waals surface area contributed by atoms with Gasteiger partial charge in [-0.2, -0.15) is 0 Å². The van der Waals surface area contributed by atoms with E-state index in [0.717, 1.165) is 36.8 Å². The summed E-state index contributed by atoms with van der Waals surface area (Å²) in [6, 6.07) is 7.20. The van der Waals surface area contributed by atoms with Gasteiger partial charge in [0.1, 0.15) is 16.3 Å². The third-order valence-corrected chi connectivity index (χ3v) is 7.72. The minimum absolute atomic E-state index is 0.0545. The lowest BCUT2D eigenvalue weighted by Gasteiger charge is -2.30. The number of fused-ring (bicyclic) bond motifs is 4. The van der Waals surface area contributed by atoms with Gasteiger partial charge < -0.3 is 25.1 Å². The van der Waals surface area contributed by atoms with Crippen molar-refractivity contribution < 1.29 is 28.9 Å². The van der Waals surface area contributed by atoms with Crippen LogP contribution in [0.4, 0.5) is 10.5 Å². The number of anilines is 1. The van der Waals surface area contributed by atoms with Crippen molar-refractivity contribution in [2.45, 2.75) is 20.0 Å². The summed E-state index contributed by atoms with van der Waals surface area (Å²) in [5.41, 5.74) is 10.6. The molecular weight excluding hydrogens is 548 g/mol. The number of nitrogens with two attached hydrogens (primary N) is 1. The van der Waals surface area contributed by atoms with E-state index in [0.29, 0.717) is 28.4 Å². The fourth-order valence-electron chi connectivity index (χ4n) is 4.72. The van der Waals surface area contributed by atoms with Gasteiger partial charge in [-0.25, -0.2) is 19.7 Å². The zero-order chi connectivity index (χ0) is 28.8. The van der Waals surface area contributed by atoms with E-state index < -0.39 is 18.1 Å². The number of hydrogen-bond acceptors (Lipinski definition) is 10. The Balaban J connectivity index is 1.34. The first-order valence-electron chi connectivity index (χ1n) is 12.5. The third kappa shape index (κ3) is 4.80. The molecule has 1 aliphatic rings. The molecule has 2 aromatic carbocycles. The van der Waals surface area contributed by atoms with Gasteiger partial charge in [0.15, 0.2) is 17.6 Å². The Morgan fingerprint density at radius 1 is 1.15 bits per heavy atom. The van der Waals surface area contributed by atoms with Crippen LogP contribution in [0.5, 0.6) is 17.4 Å². The fraction of sp³-hybridized carbons (Fsp3) is 0.214. The number of ether oxygens (including phenoxy) is 3. The maximum absolute atomic E-state index is 12.1. The summed E-state index contributed by atoms with van der Waals surface area (Å²) in [6.45, 7) is 3.97. The summed E-state index contributed by atoms with van der Waals surface area (Å²) in [7, 11) is 1.55. The summed E-state index contributed by atoms with van der Waals surface area (Å²) < 4.78 is 18.5. The first kappa shape index (κ1) is 26.2. The first-order chi connectivity index (χ1) is 19.7. The molecule has 2 amide bonds. The number of nitrogens with zero attached hydrogens (tertiary/aromatic N) is 5. The molecule has 4 heterocycles. The van der Waals surface area contributed by atoms with E-state index in [1.807, 2.05) is 32.0 Å². The van der Waals surface area contributed by atoms with Gasteiger partial charge in [-0.15, -0.1) is 11.3 Å². The van der Waals surface area contributed by atoms with Crippen molar-refractivity contribution in [3.05, 3.63) is 59.5 Å². The number of carboxylic acid groups (broad SMARTS) is 1. The summed E-state index contributed by atoms with van der Waals surface area (Å²) in [6.07, 6.45) is 2.36. The number of hydrogen-bond donors (Lipinski definition) is 2. The van der Waals surface area contributed by atoms with E-state index in [1.54, 1.807) is 13.3 Å². The lowest BCUT2D eigenvalue weighted by Crippen LogP contribution is -2.43. The van der Waals surface area contributed by atoms with E-state index in [2.05, 4.69) is 15.0 Å². The molecule has 1 aliphatic heterocycles. The minimum atomic E-state index is -1.23. The molecule has 1 atom stereocenters. The fourth-order valence-corrected chi connectivity index (χ4v) is 5.87. The van der Waals surface area contributed by atoms with E-state index in [4.69, 9.17) is 24.9 Å². The standard InChI is InChI=1S/C28H24N6O6S/c1-13-4-18(23-19(5-13)32-21(38-3)10-31-23)27-33-22-14(2)6-20-24(25(22)41-27)39-12-17(40-20)11-34(28(36)37)16-7-15(26(29)35)8-30-9-16/h4-10,17H,11-12H2,1-3H3,(H2,29,35)(H,36,37). The van der Waals surface area contributed by atoms with Crippen molar-refractivity contribution in [3.63, 3.8) is 0 Å². The van der Waals surface area contributed by atoms with E-state index in [1.165, 1.54) is 29.8 Å². The molecule has 13 heteroatoms. The monoisotopic (exact) mass is 572 g/mol. The van der Waals surface area contributed by atoms with Gasteiger partial charge in [-0.05, 0) is 49.2 Å². The highest BCUT2D eigenvalue weighted by atomic mass is 32.1. The zero-order valence-corrected chi connectivity index (χ0v) is 23.1. The zero-order valence-electron chi connectivity index (χ0n) is 22.2. The molecule has 0 bridgehead atoms. The second-order valence-corrected chi connectivity index (χ2v) is 10.5. The van der Waals surface area contributed by atoms with Crippen LogP contribution in [-0.4, -0.2) is 63.4 Å². The largest absolute Gasteiger partial charge is 0.484 e. The van der Waals surface area contributed by atoms with Crippen LogP contribution in [-0.2, 0) is 0 Å². The number of aryl methyl sites for hydroxylation is 2. The number of rotatable bonds is 6. The maximum atomic E-state index is 12.1. The predicted octanol–water partition coefficient (Wildman–Crippen LogP) is 4.35. The molecular formula is C28H24N6O6S. The van der Waals surface area contributed by atoms with Crippen molar-refractivity contribution in [1.29, 1.82) is 0 Å². The Morgan fingerprint density at radius 2 is 1.98 bits per heavy atom. The second-order valence-electron chi connectivity index (χ2n) is 9.55. The van der Waals surface area contributed by atoms with E-state index in [-0.39, 0.29) is 24.4 Å². The van der Waals surface area contributed by atoms with Gasteiger partial charge in [0.25, 0.3) is 0 Å². The number of aromatic nitrogens is 4. The minimum Gasteiger partial charge on any atom is -0.484 e. The molecule has 0 aliphatic carbocycles. The Morgan fingerprint density at radius 3 is 2.73 bits per heavy atom. The van der Waals surface area contributed by atoms with E-state index >= 15 is 0 Å². The first-order valence-corrected chi connectivity index (χ1v) is 13.3. The maximum Gasteiger partial charge on any atom is 0.411 e. The summed E-state index contributed by atoms with van der Waals surface area (Å²) in [5, 5.41) is 10.6. The van der Waals surface area contributed by atoms with Crippen LogP contribution in [0.25, 0.3) is 31.8 Å². The number of amides is 2. The van der Waals surface area contributed by atoms with Crippen molar-refractivity contribution in [3.8, 4) is 28.0 Å². The number of carbonyl (C=O) groups excluding carboxylic acids is 1. The highest BCUT2D eigenvalue weighted by Gasteiger charge is 2.30. The molecule has 12 nitrogen and oxygen atoms in total. The van der Waals surface area contributed by atoms with Gasteiger partial charge in [0.2, 0.25) is 11.8 Å².